The molecule has 1 amide bonds. The van der Waals surface area contributed by atoms with E-state index in [0.29, 0.717) is 25.4 Å². The molecule has 2 bridgehead atoms. The van der Waals surface area contributed by atoms with Gasteiger partial charge in [0.25, 0.3) is 5.91 Å². The number of sulfonamides is 1. The molecule has 0 aromatic carbocycles. The van der Waals surface area contributed by atoms with Gasteiger partial charge in [-0.15, -0.1) is 6.42 Å². The first-order chi connectivity index (χ1) is 12.9. The molecule has 0 radical (unpaired) electrons. The molecule has 3 fully saturated rings. The standard InChI is InChI=1S/C19H23N3O4S/c1-4-8-21-18(23)19(21)15(12-26-3)16-9-13(2)10-17(19)22(16)27(24,25)14-6-5-7-20-11-14/h1,5-7,11,13,15-17H,8-10,12H2,2-3H3/t13-,15-,16?,17?,19?,21?/m1/s1. The third-order valence-corrected chi connectivity index (χ3v) is 8.15. The number of methoxy groups -OCH3 is 1. The monoisotopic (exact) mass is 389 g/mol. The molecule has 27 heavy (non-hydrogen) atoms. The number of fused-ring (bicyclic) bond motifs is 3. The van der Waals surface area contributed by atoms with Crippen LogP contribution in [0.15, 0.2) is 29.4 Å². The molecular formula is C19H23N3O4S. The zero-order valence-corrected chi connectivity index (χ0v) is 16.2. The molecule has 3 aliphatic heterocycles. The van der Waals surface area contributed by atoms with Crippen LogP contribution in [0.2, 0.25) is 0 Å². The number of hydrogen-bond acceptors (Lipinski definition) is 5. The Labute approximate surface area is 159 Å². The minimum Gasteiger partial charge on any atom is -0.384 e. The van der Waals surface area contributed by atoms with Crippen LogP contribution in [-0.2, 0) is 19.6 Å². The van der Waals surface area contributed by atoms with Crippen LogP contribution in [0.5, 0.6) is 0 Å². The maximum absolute atomic E-state index is 13.5. The number of aromatic nitrogens is 1. The second-order valence-electron chi connectivity index (χ2n) is 7.67. The van der Waals surface area contributed by atoms with Gasteiger partial charge in [0.2, 0.25) is 10.0 Å². The lowest BCUT2D eigenvalue weighted by Crippen LogP contribution is -2.49. The quantitative estimate of drug-likeness (QED) is 0.548. The summed E-state index contributed by atoms with van der Waals surface area (Å²) in [5.74, 6) is 2.56. The summed E-state index contributed by atoms with van der Waals surface area (Å²) in [7, 11) is -2.20. The Morgan fingerprint density at radius 1 is 1.44 bits per heavy atom. The first-order valence-corrected chi connectivity index (χ1v) is 10.5. The smallest absolute Gasteiger partial charge is 0.252 e. The van der Waals surface area contributed by atoms with E-state index in [0.717, 1.165) is 0 Å². The average molecular weight is 389 g/mol. The first kappa shape index (κ1) is 18.4. The lowest BCUT2D eigenvalue weighted by molar-refractivity contribution is -0.114. The SMILES string of the molecule is C#CCN1C(=O)C12C1C[C@H](C)CC([C@H]2COC)N1S(=O)(=O)c1cccnc1. The van der Waals surface area contributed by atoms with Crippen LogP contribution >= 0.6 is 0 Å². The topological polar surface area (TPSA) is 79.6 Å². The average Bonchev–Trinajstić information content (AvgIpc) is 3.17. The van der Waals surface area contributed by atoms with E-state index in [4.69, 9.17) is 11.2 Å². The second kappa shape index (κ2) is 6.30. The van der Waals surface area contributed by atoms with Crippen molar-refractivity contribution in [1.29, 1.82) is 0 Å². The van der Waals surface area contributed by atoms with E-state index in [2.05, 4.69) is 17.8 Å². The molecule has 0 aliphatic carbocycles. The third kappa shape index (κ3) is 2.38. The van der Waals surface area contributed by atoms with E-state index in [1.165, 1.54) is 6.20 Å². The number of ether oxygens (including phenoxy) is 1. The summed E-state index contributed by atoms with van der Waals surface area (Å²) in [6.45, 7) is 2.62. The van der Waals surface area contributed by atoms with Crippen molar-refractivity contribution in [1.82, 2.24) is 14.2 Å². The highest BCUT2D eigenvalue weighted by Crippen LogP contribution is 2.59. The lowest BCUT2D eigenvalue weighted by Gasteiger charge is -2.37. The summed E-state index contributed by atoms with van der Waals surface area (Å²) in [6.07, 6.45) is 9.69. The minimum absolute atomic E-state index is 0.0597. The van der Waals surface area contributed by atoms with E-state index < -0.39 is 21.6 Å². The fourth-order valence-corrected chi connectivity index (χ4v) is 7.10. The van der Waals surface area contributed by atoms with E-state index >= 15 is 0 Å². The molecule has 4 heterocycles. The number of carbonyl (C=O) groups is 1. The number of amides is 1. The summed E-state index contributed by atoms with van der Waals surface area (Å²) < 4.78 is 33.9. The Morgan fingerprint density at radius 3 is 2.85 bits per heavy atom. The van der Waals surface area contributed by atoms with E-state index in [-0.39, 0.29) is 29.3 Å². The van der Waals surface area contributed by atoms with Crippen molar-refractivity contribution in [2.75, 3.05) is 20.3 Å². The molecule has 1 spiro atoms. The first-order valence-electron chi connectivity index (χ1n) is 9.08. The van der Waals surface area contributed by atoms with Crippen LogP contribution in [0.4, 0.5) is 0 Å². The Bertz CT molecular complexity index is 897. The second-order valence-corrected chi connectivity index (χ2v) is 9.51. The molecule has 8 heteroatoms. The van der Waals surface area contributed by atoms with Gasteiger partial charge in [0, 0.05) is 31.5 Å². The Morgan fingerprint density at radius 2 is 2.22 bits per heavy atom. The molecule has 3 saturated heterocycles. The maximum atomic E-state index is 13.5. The minimum atomic E-state index is -3.78. The zero-order valence-electron chi connectivity index (χ0n) is 15.4. The van der Waals surface area contributed by atoms with Gasteiger partial charge < -0.3 is 9.64 Å². The zero-order chi connectivity index (χ0) is 19.4. The molecule has 1 aromatic heterocycles. The van der Waals surface area contributed by atoms with E-state index in [1.54, 1.807) is 34.6 Å². The summed E-state index contributed by atoms with van der Waals surface area (Å²) >= 11 is 0. The van der Waals surface area contributed by atoms with Gasteiger partial charge in [0.1, 0.15) is 10.4 Å². The predicted molar refractivity (Wildman–Crippen MR) is 97.9 cm³/mol. The highest BCUT2D eigenvalue weighted by atomic mass is 32.2. The van der Waals surface area contributed by atoms with Crippen molar-refractivity contribution in [2.24, 2.45) is 11.8 Å². The van der Waals surface area contributed by atoms with Crippen molar-refractivity contribution in [3.05, 3.63) is 24.5 Å². The summed E-state index contributed by atoms with van der Waals surface area (Å²) in [5.41, 5.74) is -0.868. The van der Waals surface area contributed by atoms with Gasteiger partial charge in [-0.3, -0.25) is 9.78 Å². The number of rotatable bonds is 5. The number of nitrogens with zero attached hydrogens (tertiary/aromatic N) is 3. The highest BCUT2D eigenvalue weighted by molar-refractivity contribution is 7.89. The highest BCUT2D eigenvalue weighted by Gasteiger charge is 2.79. The van der Waals surface area contributed by atoms with Crippen LogP contribution in [0.3, 0.4) is 0 Å². The van der Waals surface area contributed by atoms with E-state index in [1.807, 2.05) is 0 Å². The fraction of sp³-hybridized carbons (Fsp3) is 0.579. The van der Waals surface area contributed by atoms with Gasteiger partial charge in [-0.1, -0.05) is 12.8 Å². The van der Waals surface area contributed by atoms with Crippen LogP contribution < -0.4 is 0 Å². The van der Waals surface area contributed by atoms with Crippen molar-refractivity contribution in [3.8, 4) is 12.3 Å². The summed E-state index contributed by atoms with van der Waals surface area (Å²) in [5, 5.41) is 0. The van der Waals surface area contributed by atoms with Gasteiger partial charge in [-0.05, 0) is 30.9 Å². The van der Waals surface area contributed by atoms with Crippen molar-refractivity contribution in [2.45, 2.75) is 42.3 Å². The molecule has 4 rings (SSSR count). The molecule has 0 saturated carbocycles. The maximum Gasteiger partial charge on any atom is 0.252 e. The summed E-state index contributed by atoms with van der Waals surface area (Å²) in [4.78, 5) is 18.7. The van der Waals surface area contributed by atoms with Crippen LogP contribution in [0.25, 0.3) is 0 Å². The largest absolute Gasteiger partial charge is 0.384 e. The Hall–Kier alpha value is -1.95. The molecule has 1 aromatic rings. The number of carbonyl (C=O) groups excluding carboxylic acids is 1. The van der Waals surface area contributed by atoms with Gasteiger partial charge >= 0.3 is 0 Å². The molecule has 7 nitrogen and oxygen atoms in total. The van der Waals surface area contributed by atoms with Gasteiger partial charge in [0.05, 0.1) is 19.2 Å². The molecule has 144 valence electrons. The molecular weight excluding hydrogens is 366 g/mol. The van der Waals surface area contributed by atoms with Gasteiger partial charge in [-0.25, -0.2) is 8.42 Å². The molecule has 5 atom stereocenters. The van der Waals surface area contributed by atoms with Gasteiger partial charge in [-0.2, -0.15) is 4.31 Å². The van der Waals surface area contributed by atoms with Crippen molar-refractivity contribution in [3.63, 3.8) is 0 Å². The van der Waals surface area contributed by atoms with Crippen LogP contribution in [0, 0.1) is 24.2 Å². The Balaban J connectivity index is 1.83. The van der Waals surface area contributed by atoms with Crippen molar-refractivity contribution < 1.29 is 17.9 Å². The fourth-order valence-electron chi connectivity index (χ4n) is 5.24. The predicted octanol–water partition coefficient (Wildman–Crippen LogP) is 0.730. The number of piperidine rings is 1. The molecule has 0 N–H and O–H groups in total. The normalized spacial score (nSPS) is 35.4. The summed E-state index contributed by atoms with van der Waals surface area (Å²) in [6, 6.07) is 2.43. The number of hydrogen-bond donors (Lipinski definition) is 0. The van der Waals surface area contributed by atoms with Crippen molar-refractivity contribution >= 4 is 15.9 Å². The molecule has 3 aliphatic rings. The number of pyridine rings is 1. The molecule has 3 unspecified atom stereocenters. The van der Waals surface area contributed by atoms with Gasteiger partial charge in [0.15, 0.2) is 0 Å². The Kier molecular flexibility index (Phi) is 4.29. The lowest BCUT2D eigenvalue weighted by atomic mass is 9.87. The van der Waals surface area contributed by atoms with E-state index in [9.17, 15) is 13.2 Å². The van der Waals surface area contributed by atoms with Crippen LogP contribution in [-0.4, -0.2) is 66.4 Å². The number of terminal acetylenes is 1. The third-order valence-electron chi connectivity index (χ3n) is 6.23. The van der Waals surface area contributed by atoms with Crippen LogP contribution in [0.1, 0.15) is 19.8 Å².